The van der Waals surface area contributed by atoms with Gasteiger partial charge in [0.1, 0.15) is 0 Å². The number of benzene rings is 4. The van der Waals surface area contributed by atoms with Crippen molar-refractivity contribution in [2.24, 2.45) is 0 Å². The Kier molecular flexibility index (Phi) is 4.84. The molecule has 0 spiro atoms. The van der Waals surface area contributed by atoms with Crippen molar-refractivity contribution in [2.75, 3.05) is 4.90 Å². The first-order valence-corrected chi connectivity index (χ1v) is 9.01. The van der Waals surface area contributed by atoms with Gasteiger partial charge in [0, 0.05) is 17.1 Å². The van der Waals surface area contributed by atoms with Crippen LogP contribution in [-0.2, 0) is 0 Å². The van der Waals surface area contributed by atoms with Gasteiger partial charge >= 0.3 is 0 Å². The van der Waals surface area contributed by atoms with Crippen LogP contribution in [0.3, 0.4) is 0 Å². The summed E-state index contributed by atoms with van der Waals surface area (Å²) < 4.78 is 0. The van der Waals surface area contributed by atoms with Crippen LogP contribution in [0.4, 0.5) is 17.1 Å². The third kappa shape index (κ3) is 3.68. The Bertz CT molecular complexity index is 965. The standard InChI is InChI=1S/C26H20N/c1-21(22-11-5-2-6-12-22)23-17-19-26(20-18-23)27(24-13-7-3-8-14-24)25-15-9-4-10-16-25/h1-20H. The topological polar surface area (TPSA) is 3.24 Å². The van der Waals surface area contributed by atoms with Crippen LogP contribution in [0.15, 0.2) is 115 Å². The third-order valence-corrected chi connectivity index (χ3v) is 4.55. The van der Waals surface area contributed by atoms with E-state index in [4.69, 9.17) is 6.58 Å². The highest BCUT2D eigenvalue weighted by Gasteiger charge is 2.12. The van der Waals surface area contributed by atoms with Crippen molar-refractivity contribution in [2.45, 2.75) is 0 Å². The van der Waals surface area contributed by atoms with Gasteiger partial charge in [-0.25, -0.2) is 0 Å². The van der Waals surface area contributed by atoms with E-state index in [1.54, 1.807) is 0 Å². The molecule has 0 aliphatic rings. The summed E-state index contributed by atoms with van der Waals surface area (Å²) in [6.45, 7) is 6.37. The lowest BCUT2D eigenvalue weighted by molar-refractivity contribution is 1.28. The fraction of sp³-hybridized carbons (Fsp3) is 0. The molecule has 1 nitrogen and oxygen atoms in total. The second-order valence-corrected chi connectivity index (χ2v) is 6.33. The highest BCUT2D eigenvalue weighted by atomic mass is 15.1. The zero-order valence-corrected chi connectivity index (χ0v) is 15.0. The molecule has 0 fully saturated rings. The van der Waals surface area contributed by atoms with Crippen molar-refractivity contribution < 1.29 is 0 Å². The Morgan fingerprint density at radius 1 is 0.444 bits per heavy atom. The molecular formula is C26H20N. The van der Waals surface area contributed by atoms with Gasteiger partial charge in [-0.1, -0.05) is 85.4 Å². The van der Waals surface area contributed by atoms with E-state index in [1.165, 1.54) is 0 Å². The molecule has 1 heteroatoms. The lowest BCUT2D eigenvalue weighted by Crippen LogP contribution is -2.09. The molecule has 0 saturated heterocycles. The van der Waals surface area contributed by atoms with E-state index < -0.39 is 0 Å². The lowest BCUT2D eigenvalue weighted by Gasteiger charge is -2.25. The van der Waals surface area contributed by atoms with E-state index in [1.807, 2.05) is 42.5 Å². The fourth-order valence-corrected chi connectivity index (χ4v) is 3.18. The number of hydrogen-bond donors (Lipinski definition) is 0. The van der Waals surface area contributed by atoms with Crippen molar-refractivity contribution in [3.8, 4) is 0 Å². The minimum absolute atomic E-state index is 0.785. The highest BCUT2D eigenvalue weighted by molar-refractivity contribution is 5.80. The van der Waals surface area contributed by atoms with Gasteiger partial charge < -0.3 is 4.90 Å². The molecule has 4 rings (SSSR count). The molecule has 0 heterocycles. The number of hydrogen-bond acceptors (Lipinski definition) is 1. The minimum atomic E-state index is 0.785. The molecule has 0 bridgehead atoms. The Labute approximate surface area is 160 Å². The summed E-state index contributed by atoms with van der Waals surface area (Å²) in [5.41, 5.74) is 6.18. The first-order valence-electron chi connectivity index (χ1n) is 9.01. The van der Waals surface area contributed by atoms with Crippen molar-refractivity contribution in [1.82, 2.24) is 0 Å². The number of nitrogens with zero attached hydrogens (tertiary/aromatic N) is 1. The summed E-state index contributed by atoms with van der Waals surface area (Å²) in [6.07, 6.45) is 0. The molecule has 0 unspecified atom stereocenters. The highest BCUT2D eigenvalue weighted by Crippen LogP contribution is 2.35. The summed E-state index contributed by atoms with van der Waals surface area (Å²) in [5.74, 6) is 0. The van der Waals surface area contributed by atoms with Crippen LogP contribution in [0.2, 0.25) is 0 Å². The van der Waals surface area contributed by atoms with Crippen LogP contribution < -0.4 is 4.90 Å². The molecule has 4 aromatic carbocycles. The van der Waals surface area contributed by atoms with E-state index >= 15 is 0 Å². The van der Waals surface area contributed by atoms with Crippen LogP contribution >= 0.6 is 0 Å². The smallest absolute Gasteiger partial charge is 0.0462 e. The number of anilines is 3. The van der Waals surface area contributed by atoms with E-state index in [0.29, 0.717) is 0 Å². The largest absolute Gasteiger partial charge is 0.311 e. The maximum Gasteiger partial charge on any atom is 0.0462 e. The molecule has 27 heavy (non-hydrogen) atoms. The monoisotopic (exact) mass is 346 g/mol. The van der Waals surface area contributed by atoms with Gasteiger partial charge in [0.15, 0.2) is 0 Å². The fourth-order valence-electron chi connectivity index (χ4n) is 3.18. The van der Waals surface area contributed by atoms with Crippen molar-refractivity contribution in [3.63, 3.8) is 0 Å². The quantitative estimate of drug-likeness (QED) is 0.375. The SMILES string of the molecule is [CH]=C(c1ccccc1)c1ccc(N(c2ccccc2)c2ccccc2)cc1. The molecule has 0 aliphatic heterocycles. The van der Waals surface area contributed by atoms with Crippen LogP contribution in [0, 0.1) is 6.58 Å². The van der Waals surface area contributed by atoms with Gasteiger partial charge in [0.25, 0.3) is 0 Å². The van der Waals surface area contributed by atoms with Crippen LogP contribution in [0.25, 0.3) is 5.57 Å². The number of rotatable bonds is 5. The molecule has 1 radical (unpaired) electrons. The van der Waals surface area contributed by atoms with Gasteiger partial charge in [-0.3, -0.25) is 0 Å². The molecule has 0 atom stereocenters. The summed E-state index contributed by atoms with van der Waals surface area (Å²) in [5, 5.41) is 0. The van der Waals surface area contributed by atoms with Crippen LogP contribution in [-0.4, -0.2) is 0 Å². The lowest BCUT2D eigenvalue weighted by atomic mass is 9.99. The minimum Gasteiger partial charge on any atom is -0.311 e. The molecule has 129 valence electrons. The molecular weight excluding hydrogens is 326 g/mol. The Hall–Kier alpha value is -3.58. The maximum absolute atomic E-state index is 6.37. The van der Waals surface area contributed by atoms with Crippen molar-refractivity contribution in [3.05, 3.63) is 133 Å². The Balaban J connectivity index is 1.70. The first kappa shape index (κ1) is 16.9. The summed E-state index contributed by atoms with van der Waals surface area (Å²) in [4.78, 5) is 2.24. The summed E-state index contributed by atoms with van der Waals surface area (Å²) in [6, 6.07) is 39.2. The van der Waals surface area contributed by atoms with Crippen LogP contribution in [0.1, 0.15) is 11.1 Å². The molecule has 0 amide bonds. The van der Waals surface area contributed by atoms with Gasteiger partial charge in [-0.05, 0) is 53.1 Å². The average molecular weight is 346 g/mol. The molecule has 4 aromatic rings. The van der Waals surface area contributed by atoms with Gasteiger partial charge in [-0.2, -0.15) is 0 Å². The van der Waals surface area contributed by atoms with E-state index in [0.717, 1.165) is 33.8 Å². The molecule has 0 aliphatic carbocycles. The molecule has 0 N–H and O–H groups in total. The second kappa shape index (κ2) is 7.76. The average Bonchev–Trinajstić information content (AvgIpc) is 2.76. The summed E-state index contributed by atoms with van der Waals surface area (Å²) in [7, 11) is 0. The third-order valence-electron chi connectivity index (χ3n) is 4.55. The Morgan fingerprint density at radius 2 is 0.815 bits per heavy atom. The predicted molar refractivity (Wildman–Crippen MR) is 114 cm³/mol. The van der Waals surface area contributed by atoms with E-state index in [2.05, 4.69) is 77.7 Å². The van der Waals surface area contributed by atoms with E-state index in [-0.39, 0.29) is 0 Å². The Morgan fingerprint density at radius 3 is 1.30 bits per heavy atom. The second-order valence-electron chi connectivity index (χ2n) is 6.33. The number of para-hydroxylation sites is 2. The van der Waals surface area contributed by atoms with Crippen LogP contribution in [0.5, 0.6) is 0 Å². The first-order chi connectivity index (χ1) is 13.3. The molecule has 0 saturated carbocycles. The van der Waals surface area contributed by atoms with Gasteiger partial charge in [0.05, 0.1) is 0 Å². The normalized spacial score (nSPS) is 10.4. The van der Waals surface area contributed by atoms with Crippen molar-refractivity contribution in [1.29, 1.82) is 0 Å². The summed E-state index contributed by atoms with van der Waals surface area (Å²) >= 11 is 0. The zero-order valence-electron chi connectivity index (χ0n) is 15.0. The molecule has 0 aromatic heterocycles. The van der Waals surface area contributed by atoms with E-state index in [9.17, 15) is 0 Å². The maximum atomic E-state index is 6.37. The predicted octanol–water partition coefficient (Wildman–Crippen LogP) is 7.02. The zero-order chi connectivity index (χ0) is 18.5. The van der Waals surface area contributed by atoms with Gasteiger partial charge in [-0.15, -0.1) is 0 Å². The van der Waals surface area contributed by atoms with Crippen molar-refractivity contribution >= 4 is 22.6 Å². The van der Waals surface area contributed by atoms with Gasteiger partial charge in [0.2, 0.25) is 0 Å².